The Morgan fingerprint density at radius 3 is 2.76 bits per heavy atom. The van der Waals surface area contributed by atoms with Gasteiger partial charge in [-0.2, -0.15) is 0 Å². The number of rotatable bonds is 6. The number of likely N-dealkylation sites (N-methyl/N-ethyl adjacent to an activating group) is 1. The smallest absolute Gasteiger partial charge is 0.259 e. The number of hydrogen-bond acceptors (Lipinski definition) is 9. The highest BCUT2D eigenvalue weighted by Crippen LogP contribution is 2.46. The van der Waals surface area contributed by atoms with Gasteiger partial charge in [-0.05, 0) is 68.6 Å². The Bertz CT molecular complexity index is 1780. The molecule has 1 saturated heterocycles. The van der Waals surface area contributed by atoms with Crippen LogP contribution in [0.1, 0.15) is 71.6 Å². The third kappa shape index (κ3) is 6.70. The number of amides is 3. The first-order chi connectivity index (χ1) is 23.5. The Kier molecular flexibility index (Phi) is 8.99. The Hall–Kier alpha value is -3.87. The monoisotopic (exact) mass is 693 g/mol. The van der Waals surface area contributed by atoms with Gasteiger partial charge in [0.2, 0.25) is 27.7 Å². The molecular formula is C36H47N5O7S. The van der Waals surface area contributed by atoms with E-state index in [4.69, 9.17) is 9.47 Å². The van der Waals surface area contributed by atoms with Gasteiger partial charge in [0.25, 0.3) is 5.91 Å². The summed E-state index contributed by atoms with van der Waals surface area (Å²) in [5.41, 5.74) is -0.412. The van der Waals surface area contributed by atoms with Crippen molar-refractivity contribution >= 4 is 44.2 Å². The Morgan fingerprint density at radius 1 is 1.16 bits per heavy atom. The van der Waals surface area contributed by atoms with Gasteiger partial charge >= 0.3 is 0 Å². The summed E-state index contributed by atoms with van der Waals surface area (Å²) in [7, 11) is -1.80. The Balaban J connectivity index is 1.17. The average Bonchev–Trinajstić information content (AvgIpc) is 4.00. The number of hydrogen-bond donors (Lipinski definition) is 2. The molecule has 1 aromatic heterocycles. The largest absolute Gasteiger partial charge is 0.489 e. The van der Waals surface area contributed by atoms with Crippen molar-refractivity contribution in [3.05, 3.63) is 36.5 Å². The van der Waals surface area contributed by atoms with E-state index < -0.39 is 44.8 Å². The van der Waals surface area contributed by atoms with Crippen molar-refractivity contribution in [1.82, 2.24) is 19.9 Å². The SMILES string of the molecule is CC[C@H]1CC(=O)N2C[C@H](Oc3nccc4c5c(ccc34)N(C)CCO5)C[C@H]2C(=O)N[C@]2(C(=O)NS(=O)(=O)C3CC3)C[C@@H]2/C=C\CC[C@H](C)C1. The fourth-order valence-corrected chi connectivity index (χ4v) is 9.12. The van der Waals surface area contributed by atoms with Crippen LogP contribution in [0.5, 0.6) is 11.6 Å². The van der Waals surface area contributed by atoms with Crippen LogP contribution in [-0.2, 0) is 24.4 Å². The molecule has 3 aliphatic heterocycles. The third-order valence-electron chi connectivity index (χ3n) is 11.0. The Labute approximate surface area is 288 Å². The highest BCUT2D eigenvalue weighted by Gasteiger charge is 2.62. The molecule has 0 unspecified atom stereocenters. The molecule has 7 rings (SSSR count). The van der Waals surface area contributed by atoms with E-state index in [-0.39, 0.29) is 37.1 Å². The van der Waals surface area contributed by atoms with Gasteiger partial charge in [-0.15, -0.1) is 0 Å². The van der Waals surface area contributed by atoms with Crippen LogP contribution in [0.2, 0.25) is 0 Å². The lowest BCUT2D eigenvalue weighted by molar-refractivity contribution is -0.140. The summed E-state index contributed by atoms with van der Waals surface area (Å²) in [4.78, 5) is 50.1. The minimum absolute atomic E-state index is 0.128. The minimum atomic E-state index is -3.82. The van der Waals surface area contributed by atoms with Gasteiger partial charge in [-0.25, -0.2) is 13.4 Å². The van der Waals surface area contributed by atoms with Gasteiger partial charge in [-0.3, -0.25) is 19.1 Å². The molecule has 0 bridgehead atoms. The number of ether oxygens (including phenoxy) is 2. The molecule has 0 spiro atoms. The molecule has 3 fully saturated rings. The molecule has 2 aliphatic carbocycles. The second kappa shape index (κ2) is 13.1. The number of fused-ring (bicyclic) bond motifs is 5. The first-order valence-electron chi connectivity index (χ1n) is 17.8. The maximum Gasteiger partial charge on any atom is 0.259 e. The topological polar surface area (TPSA) is 147 Å². The van der Waals surface area contributed by atoms with Crippen LogP contribution < -0.4 is 24.4 Å². The first kappa shape index (κ1) is 33.6. The fourth-order valence-electron chi connectivity index (χ4n) is 7.76. The number of allylic oxidation sites excluding steroid dienone is 1. The predicted octanol–water partition coefficient (Wildman–Crippen LogP) is 3.69. The maximum absolute atomic E-state index is 14.2. The molecular weight excluding hydrogens is 646 g/mol. The van der Waals surface area contributed by atoms with Crippen molar-refractivity contribution in [2.75, 3.05) is 31.6 Å². The van der Waals surface area contributed by atoms with Crippen molar-refractivity contribution in [2.45, 2.75) is 94.6 Å². The fraction of sp³-hybridized carbons (Fsp3) is 0.611. The van der Waals surface area contributed by atoms with E-state index >= 15 is 0 Å². The van der Waals surface area contributed by atoms with Crippen molar-refractivity contribution in [1.29, 1.82) is 0 Å². The van der Waals surface area contributed by atoms with Gasteiger partial charge in [0.05, 0.1) is 24.0 Å². The lowest BCUT2D eigenvalue weighted by atomic mass is 9.88. The van der Waals surface area contributed by atoms with E-state index in [1.54, 1.807) is 11.1 Å². The summed E-state index contributed by atoms with van der Waals surface area (Å²) in [5, 5.41) is 4.02. The molecule has 0 radical (unpaired) electrons. The summed E-state index contributed by atoms with van der Waals surface area (Å²) in [6, 6.07) is 4.95. The molecule has 264 valence electrons. The zero-order chi connectivity index (χ0) is 34.5. The molecule has 5 aliphatic rings. The van der Waals surface area contributed by atoms with Crippen LogP contribution in [0.25, 0.3) is 10.8 Å². The van der Waals surface area contributed by atoms with Crippen LogP contribution in [0, 0.1) is 17.8 Å². The van der Waals surface area contributed by atoms with E-state index in [9.17, 15) is 22.8 Å². The summed E-state index contributed by atoms with van der Waals surface area (Å²) in [6.45, 7) is 5.83. The lowest BCUT2D eigenvalue weighted by Gasteiger charge is -2.28. The van der Waals surface area contributed by atoms with Crippen LogP contribution in [0.4, 0.5) is 5.69 Å². The van der Waals surface area contributed by atoms with Crippen LogP contribution in [-0.4, -0.2) is 85.7 Å². The van der Waals surface area contributed by atoms with Crippen molar-refractivity contribution in [3.63, 3.8) is 0 Å². The normalized spacial score (nSPS) is 31.3. The van der Waals surface area contributed by atoms with Gasteiger partial charge < -0.3 is 24.6 Å². The van der Waals surface area contributed by atoms with E-state index in [0.29, 0.717) is 37.7 Å². The molecule has 4 heterocycles. The van der Waals surface area contributed by atoms with Crippen molar-refractivity contribution in [2.24, 2.45) is 17.8 Å². The molecule has 13 heteroatoms. The summed E-state index contributed by atoms with van der Waals surface area (Å²) >= 11 is 0. The van der Waals surface area contributed by atoms with Gasteiger partial charge in [0.1, 0.15) is 24.3 Å². The predicted molar refractivity (Wildman–Crippen MR) is 185 cm³/mol. The standard InChI is InChI=1S/C36H47N5O7S/c1-4-23-17-22(2)7-5-6-8-24-20-36(24,35(44)39-49(45,46)26-9-10-26)38-33(43)30-19-25(21-41(30)31(42)18-23)48-34-28-11-12-29-32(27(28)13-14-37-34)47-16-15-40(29)3/h6,8,11-14,22-26,30H,4-5,7,9-10,15-21H2,1-3H3,(H,38,43)(H,39,44)/b8-6-/t22-,23+,24-,25+,30-,36+/m0/s1. The molecule has 6 atom stereocenters. The number of sulfonamides is 1. The summed E-state index contributed by atoms with van der Waals surface area (Å²) in [5.74, 6) is 0.0473. The number of pyridine rings is 1. The molecule has 2 saturated carbocycles. The highest BCUT2D eigenvalue weighted by molar-refractivity contribution is 7.91. The number of anilines is 1. The zero-order valence-electron chi connectivity index (χ0n) is 28.5. The summed E-state index contributed by atoms with van der Waals surface area (Å²) in [6.07, 6.45) is 10.4. The molecule has 49 heavy (non-hydrogen) atoms. The number of aromatic nitrogens is 1. The summed E-state index contributed by atoms with van der Waals surface area (Å²) < 4.78 is 40.3. The first-order valence-corrected chi connectivity index (χ1v) is 19.3. The van der Waals surface area contributed by atoms with Gasteiger partial charge in [0.15, 0.2) is 5.75 Å². The highest BCUT2D eigenvalue weighted by atomic mass is 32.2. The number of benzene rings is 1. The number of nitrogens with one attached hydrogen (secondary N) is 2. The van der Waals surface area contributed by atoms with Crippen molar-refractivity contribution in [3.8, 4) is 11.6 Å². The van der Waals surface area contributed by atoms with Crippen molar-refractivity contribution < 1.29 is 32.3 Å². The van der Waals surface area contributed by atoms with Gasteiger partial charge in [-0.1, -0.05) is 32.4 Å². The van der Waals surface area contributed by atoms with E-state index in [1.807, 2.05) is 37.4 Å². The molecule has 12 nitrogen and oxygen atoms in total. The lowest BCUT2D eigenvalue weighted by Crippen LogP contribution is -2.56. The molecule has 2 aromatic rings. The van der Waals surface area contributed by atoms with E-state index in [0.717, 1.165) is 54.4 Å². The molecule has 2 N–H and O–H groups in total. The number of carbonyl (C=O) groups excluding carboxylic acids is 3. The number of carbonyl (C=O) groups is 3. The zero-order valence-corrected chi connectivity index (χ0v) is 29.3. The number of nitrogens with zero attached hydrogens (tertiary/aromatic N) is 3. The minimum Gasteiger partial charge on any atom is -0.489 e. The Morgan fingerprint density at radius 2 is 1.98 bits per heavy atom. The molecule has 1 aromatic carbocycles. The molecule has 3 amide bonds. The van der Waals surface area contributed by atoms with E-state index in [2.05, 4.69) is 33.8 Å². The maximum atomic E-state index is 14.2. The van der Waals surface area contributed by atoms with Crippen LogP contribution >= 0.6 is 0 Å². The second-order valence-corrected chi connectivity index (χ2v) is 16.7. The van der Waals surface area contributed by atoms with Crippen LogP contribution in [0.15, 0.2) is 36.5 Å². The van der Waals surface area contributed by atoms with Crippen LogP contribution in [0.3, 0.4) is 0 Å². The second-order valence-electron chi connectivity index (χ2n) is 14.7. The van der Waals surface area contributed by atoms with E-state index in [1.165, 1.54) is 0 Å². The third-order valence-corrected chi connectivity index (χ3v) is 12.8. The quantitative estimate of drug-likeness (QED) is 0.433. The van der Waals surface area contributed by atoms with Gasteiger partial charge in [0, 0.05) is 42.8 Å². The average molecular weight is 694 g/mol.